The highest BCUT2D eigenvalue weighted by Gasteiger charge is 2.09. The number of aryl methyl sites for hydroxylation is 1. The van der Waals surface area contributed by atoms with Crippen molar-refractivity contribution in [2.45, 2.75) is 12.8 Å². The number of nitrogens with two attached hydrogens (primary N) is 1. The van der Waals surface area contributed by atoms with Crippen LogP contribution in [0.3, 0.4) is 0 Å². The van der Waals surface area contributed by atoms with Crippen LogP contribution >= 0.6 is 22.7 Å². The molecule has 3 aromatic heterocycles. The van der Waals surface area contributed by atoms with Gasteiger partial charge in [-0.2, -0.15) is 5.10 Å². The number of aromatic nitrogens is 3. The molecule has 0 saturated heterocycles. The van der Waals surface area contributed by atoms with Gasteiger partial charge in [-0.1, -0.05) is 17.4 Å². The van der Waals surface area contributed by atoms with Crippen LogP contribution in [0.4, 0.5) is 0 Å². The molecule has 0 aliphatic carbocycles. The summed E-state index contributed by atoms with van der Waals surface area (Å²) in [6, 6.07) is 4.11. The molecule has 88 valence electrons. The van der Waals surface area contributed by atoms with Gasteiger partial charge in [-0.3, -0.25) is 0 Å². The molecule has 0 saturated carbocycles. The van der Waals surface area contributed by atoms with Crippen LogP contribution in [0.15, 0.2) is 23.7 Å². The molecule has 0 aromatic carbocycles. The summed E-state index contributed by atoms with van der Waals surface area (Å²) in [6.45, 7) is 0.711. The zero-order chi connectivity index (χ0) is 11.7. The maximum absolute atomic E-state index is 5.49. The Morgan fingerprint density at radius 1 is 1.41 bits per heavy atom. The summed E-state index contributed by atoms with van der Waals surface area (Å²) >= 11 is 3.34. The van der Waals surface area contributed by atoms with Gasteiger partial charge in [0.25, 0.3) is 0 Å². The maximum atomic E-state index is 5.49. The lowest BCUT2D eigenvalue weighted by atomic mass is 10.3. The lowest BCUT2D eigenvalue weighted by Gasteiger charge is -1.90. The highest BCUT2D eigenvalue weighted by Crippen LogP contribution is 2.25. The fourth-order valence-corrected chi connectivity index (χ4v) is 3.24. The molecule has 0 radical (unpaired) electrons. The molecule has 0 bridgehead atoms. The molecule has 0 fully saturated rings. The first kappa shape index (κ1) is 10.9. The summed E-state index contributed by atoms with van der Waals surface area (Å²) < 4.78 is 1.87. The SMILES string of the molecule is NCCCc1nn2cc(-c3cccs3)nc2s1. The Morgan fingerprint density at radius 2 is 2.35 bits per heavy atom. The van der Waals surface area contributed by atoms with Crippen LogP contribution in [0.1, 0.15) is 11.4 Å². The Kier molecular flexibility index (Phi) is 2.92. The third-order valence-electron chi connectivity index (χ3n) is 2.45. The number of thiophene rings is 1. The predicted octanol–water partition coefficient (Wildman–Crippen LogP) is 2.41. The van der Waals surface area contributed by atoms with Gasteiger partial charge in [0.2, 0.25) is 4.96 Å². The van der Waals surface area contributed by atoms with E-state index in [9.17, 15) is 0 Å². The zero-order valence-corrected chi connectivity index (χ0v) is 10.8. The van der Waals surface area contributed by atoms with Gasteiger partial charge in [0.1, 0.15) is 10.7 Å². The number of imidazole rings is 1. The molecular formula is C11H12N4S2. The van der Waals surface area contributed by atoms with Crippen molar-refractivity contribution in [3.63, 3.8) is 0 Å². The second-order valence-corrected chi connectivity index (χ2v) is 5.71. The first-order valence-electron chi connectivity index (χ1n) is 5.46. The van der Waals surface area contributed by atoms with E-state index in [-0.39, 0.29) is 0 Å². The minimum atomic E-state index is 0.711. The number of hydrogen-bond donors (Lipinski definition) is 1. The summed E-state index contributed by atoms with van der Waals surface area (Å²) in [7, 11) is 0. The molecule has 0 unspecified atom stereocenters. The van der Waals surface area contributed by atoms with Gasteiger partial charge >= 0.3 is 0 Å². The molecule has 3 aromatic rings. The molecule has 0 aliphatic heterocycles. The maximum Gasteiger partial charge on any atom is 0.212 e. The van der Waals surface area contributed by atoms with Gasteiger partial charge in [-0.25, -0.2) is 9.50 Å². The van der Waals surface area contributed by atoms with Crippen molar-refractivity contribution in [2.24, 2.45) is 5.73 Å². The molecule has 2 N–H and O–H groups in total. The summed E-state index contributed by atoms with van der Waals surface area (Å²) in [5.74, 6) is 0. The van der Waals surface area contributed by atoms with Crippen molar-refractivity contribution >= 4 is 27.6 Å². The van der Waals surface area contributed by atoms with Crippen LogP contribution in [-0.2, 0) is 6.42 Å². The average Bonchev–Trinajstić information content (AvgIpc) is 3.00. The van der Waals surface area contributed by atoms with Gasteiger partial charge in [0.15, 0.2) is 0 Å². The Balaban J connectivity index is 1.91. The van der Waals surface area contributed by atoms with Gasteiger partial charge in [-0.05, 0) is 24.4 Å². The third kappa shape index (κ3) is 2.11. The second kappa shape index (κ2) is 4.56. The molecule has 0 atom stereocenters. The highest BCUT2D eigenvalue weighted by molar-refractivity contribution is 7.16. The largest absolute Gasteiger partial charge is 0.330 e. The molecule has 6 heteroatoms. The average molecular weight is 264 g/mol. The van der Waals surface area contributed by atoms with E-state index in [1.54, 1.807) is 22.7 Å². The Labute approximate surface area is 107 Å². The highest BCUT2D eigenvalue weighted by atomic mass is 32.1. The lowest BCUT2D eigenvalue weighted by molar-refractivity contribution is 0.799. The fourth-order valence-electron chi connectivity index (χ4n) is 1.64. The van der Waals surface area contributed by atoms with E-state index in [2.05, 4.69) is 21.5 Å². The third-order valence-corrected chi connectivity index (χ3v) is 4.33. The van der Waals surface area contributed by atoms with Gasteiger partial charge < -0.3 is 5.73 Å². The molecule has 0 spiro atoms. The molecule has 3 heterocycles. The molecule has 17 heavy (non-hydrogen) atoms. The summed E-state index contributed by atoms with van der Waals surface area (Å²) in [4.78, 5) is 6.73. The predicted molar refractivity (Wildman–Crippen MR) is 71.6 cm³/mol. The van der Waals surface area contributed by atoms with E-state index < -0.39 is 0 Å². The fraction of sp³-hybridized carbons (Fsp3) is 0.273. The van der Waals surface area contributed by atoms with E-state index in [0.717, 1.165) is 28.5 Å². The quantitative estimate of drug-likeness (QED) is 0.787. The van der Waals surface area contributed by atoms with E-state index in [1.807, 2.05) is 16.8 Å². The monoisotopic (exact) mass is 264 g/mol. The number of rotatable bonds is 4. The van der Waals surface area contributed by atoms with Gasteiger partial charge in [0.05, 0.1) is 11.1 Å². The molecule has 3 rings (SSSR count). The lowest BCUT2D eigenvalue weighted by Crippen LogP contribution is -2.00. The van der Waals surface area contributed by atoms with E-state index in [1.165, 1.54) is 4.88 Å². The Hall–Kier alpha value is -1.24. The summed E-state index contributed by atoms with van der Waals surface area (Å²) in [5, 5.41) is 7.67. The summed E-state index contributed by atoms with van der Waals surface area (Å²) in [5.41, 5.74) is 6.49. The topological polar surface area (TPSA) is 56.2 Å². The van der Waals surface area contributed by atoms with Gasteiger partial charge in [0, 0.05) is 6.42 Å². The molecular weight excluding hydrogens is 252 g/mol. The first-order chi connectivity index (χ1) is 8.36. The van der Waals surface area contributed by atoms with E-state index >= 15 is 0 Å². The number of nitrogens with zero attached hydrogens (tertiary/aromatic N) is 3. The van der Waals surface area contributed by atoms with Gasteiger partial charge in [-0.15, -0.1) is 11.3 Å². The van der Waals surface area contributed by atoms with Crippen molar-refractivity contribution in [1.29, 1.82) is 0 Å². The van der Waals surface area contributed by atoms with Crippen LogP contribution in [-0.4, -0.2) is 21.1 Å². The van der Waals surface area contributed by atoms with Crippen LogP contribution in [0.25, 0.3) is 15.5 Å². The molecule has 4 nitrogen and oxygen atoms in total. The van der Waals surface area contributed by atoms with Crippen LogP contribution in [0, 0.1) is 0 Å². The van der Waals surface area contributed by atoms with Crippen molar-refractivity contribution < 1.29 is 0 Å². The smallest absolute Gasteiger partial charge is 0.212 e. The first-order valence-corrected chi connectivity index (χ1v) is 7.15. The minimum absolute atomic E-state index is 0.711. The molecule has 0 amide bonds. The van der Waals surface area contributed by atoms with E-state index in [4.69, 9.17) is 5.73 Å². The van der Waals surface area contributed by atoms with Crippen LogP contribution < -0.4 is 5.73 Å². The van der Waals surface area contributed by atoms with Crippen molar-refractivity contribution in [3.05, 3.63) is 28.7 Å². The summed E-state index contributed by atoms with van der Waals surface area (Å²) in [6.07, 6.45) is 3.91. The number of fused-ring (bicyclic) bond motifs is 1. The minimum Gasteiger partial charge on any atom is -0.330 e. The Morgan fingerprint density at radius 3 is 3.06 bits per heavy atom. The Bertz CT molecular complexity index is 577. The molecule has 0 aliphatic rings. The standard InChI is InChI=1S/C11H12N4S2/c12-5-1-4-10-14-15-7-8(13-11(15)17-10)9-3-2-6-16-9/h2-3,6-7H,1,4-5,12H2. The van der Waals surface area contributed by atoms with E-state index in [0.29, 0.717) is 6.54 Å². The second-order valence-electron chi connectivity index (χ2n) is 3.72. The zero-order valence-electron chi connectivity index (χ0n) is 9.17. The van der Waals surface area contributed by atoms with Crippen LogP contribution in [0.2, 0.25) is 0 Å². The number of hydrogen-bond acceptors (Lipinski definition) is 5. The van der Waals surface area contributed by atoms with Crippen molar-refractivity contribution in [2.75, 3.05) is 6.54 Å². The normalized spacial score (nSPS) is 11.4. The van der Waals surface area contributed by atoms with Crippen molar-refractivity contribution in [1.82, 2.24) is 14.6 Å². The van der Waals surface area contributed by atoms with Crippen LogP contribution in [0.5, 0.6) is 0 Å². The van der Waals surface area contributed by atoms with Crippen molar-refractivity contribution in [3.8, 4) is 10.6 Å².